The summed E-state index contributed by atoms with van der Waals surface area (Å²) < 4.78 is 0. The largest absolute Gasteiger partial charge is 0.374 e. The van der Waals surface area contributed by atoms with Gasteiger partial charge in [0.05, 0.1) is 11.3 Å². The Morgan fingerprint density at radius 2 is 2.25 bits per heavy atom. The summed E-state index contributed by atoms with van der Waals surface area (Å²) in [7, 11) is 0. The first kappa shape index (κ1) is 16.9. The van der Waals surface area contributed by atoms with Gasteiger partial charge in [-0.1, -0.05) is 19.1 Å². The molecule has 6 heteroatoms. The predicted octanol–water partition coefficient (Wildman–Crippen LogP) is 3.58. The molecule has 126 valence electrons. The quantitative estimate of drug-likeness (QED) is 0.636. The summed E-state index contributed by atoms with van der Waals surface area (Å²) in [5, 5.41) is 3.54. The molecule has 1 aromatic carbocycles. The topological polar surface area (TPSA) is 58.4 Å². The van der Waals surface area contributed by atoms with Gasteiger partial charge in [-0.3, -0.25) is 10.2 Å². The van der Waals surface area contributed by atoms with Crippen LogP contribution in [-0.4, -0.2) is 11.0 Å². The van der Waals surface area contributed by atoms with E-state index in [0.717, 1.165) is 36.1 Å². The van der Waals surface area contributed by atoms with Crippen molar-refractivity contribution in [2.24, 2.45) is 11.7 Å². The number of benzene rings is 1. The molecule has 2 aromatic rings. The van der Waals surface area contributed by atoms with Crippen LogP contribution in [0.3, 0.4) is 0 Å². The lowest BCUT2D eigenvalue weighted by molar-refractivity contribution is 0.0954. The average Bonchev–Trinajstić information content (AvgIpc) is 2.95. The maximum Gasteiger partial charge on any atom is 0.271 e. The number of carbonyl (C=O) groups excluding carboxylic acids is 1. The molecule has 24 heavy (non-hydrogen) atoms. The van der Waals surface area contributed by atoms with Gasteiger partial charge in [-0.2, -0.15) is 0 Å². The highest BCUT2D eigenvalue weighted by Crippen LogP contribution is 2.32. The molecule has 3 rings (SSSR count). The number of anilines is 1. The Bertz CT molecular complexity index is 784. The number of rotatable bonds is 2. The van der Waals surface area contributed by atoms with Crippen LogP contribution in [0.15, 0.2) is 29.6 Å². The SMILES string of the molecule is Cc1cccc(N(NC(=O)c2csc3c2CCC(C)C3)C(N)=S)c1. The van der Waals surface area contributed by atoms with E-state index in [1.165, 1.54) is 15.4 Å². The Balaban J connectivity index is 1.84. The molecule has 0 saturated heterocycles. The molecule has 1 heterocycles. The molecule has 1 amide bonds. The zero-order valence-corrected chi connectivity index (χ0v) is 15.5. The zero-order chi connectivity index (χ0) is 17.3. The van der Waals surface area contributed by atoms with Crippen molar-refractivity contribution in [2.45, 2.75) is 33.1 Å². The summed E-state index contributed by atoms with van der Waals surface area (Å²) in [6, 6.07) is 7.71. The van der Waals surface area contributed by atoms with Crippen LogP contribution in [0.4, 0.5) is 5.69 Å². The molecule has 0 aliphatic heterocycles. The summed E-state index contributed by atoms with van der Waals surface area (Å²) >= 11 is 6.79. The first-order chi connectivity index (χ1) is 11.5. The molecule has 4 nitrogen and oxygen atoms in total. The van der Waals surface area contributed by atoms with E-state index >= 15 is 0 Å². The number of aryl methyl sites for hydroxylation is 1. The number of nitrogens with one attached hydrogen (secondary N) is 1. The highest BCUT2D eigenvalue weighted by Gasteiger charge is 2.24. The van der Waals surface area contributed by atoms with Crippen molar-refractivity contribution in [3.8, 4) is 0 Å². The lowest BCUT2D eigenvalue weighted by Crippen LogP contribution is -2.49. The summed E-state index contributed by atoms with van der Waals surface area (Å²) in [6.07, 6.45) is 3.14. The number of carbonyl (C=O) groups is 1. The molecule has 0 bridgehead atoms. The standard InChI is InChI=1S/C18H21N3OS2/c1-11-4-3-5-13(8-11)21(18(19)23)20-17(22)15-10-24-16-9-12(2)6-7-14(15)16/h3-5,8,10,12H,6-7,9H2,1-2H3,(H2,19,23)(H,20,22). The second-order valence-electron chi connectivity index (χ2n) is 6.35. The van der Waals surface area contributed by atoms with Crippen molar-refractivity contribution in [1.29, 1.82) is 0 Å². The minimum absolute atomic E-state index is 0.117. The normalized spacial score (nSPS) is 16.3. The molecule has 0 fully saturated rings. The number of hydrogen-bond donors (Lipinski definition) is 2. The van der Waals surface area contributed by atoms with Gasteiger partial charge in [-0.05, 0) is 67.6 Å². The van der Waals surface area contributed by atoms with Gasteiger partial charge >= 0.3 is 0 Å². The summed E-state index contributed by atoms with van der Waals surface area (Å²) in [4.78, 5) is 14.1. The van der Waals surface area contributed by atoms with Crippen molar-refractivity contribution in [3.05, 3.63) is 51.2 Å². The van der Waals surface area contributed by atoms with Gasteiger partial charge in [0.25, 0.3) is 5.91 Å². The number of amides is 1. The molecule has 1 atom stereocenters. The van der Waals surface area contributed by atoms with E-state index in [0.29, 0.717) is 5.92 Å². The maximum absolute atomic E-state index is 12.8. The molecule has 0 radical (unpaired) electrons. The Labute approximate surface area is 151 Å². The van der Waals surface area contributed by atoms with E-state index in [4.69, 9.17) is 18.0 Å². The third-order valence-electron chi connectivity index (χ3n) is 4.34. The summed E-state index contributed by atoms with van der Waals surface area (Å²) in [5.41, 5.74) is 12.4. The van der Waals surface area contributed by atoms with E-state index in [2.05, 4.69) is 12.3 Å². The maximum atomic E-state index is 12.8. The van der Waals surface area contributed by atoms with Gasteiger partial charge in [-0.25, -0.2) is 5.01 Å². The fraction of sp³-hybridized carbons (Fsp3) is 0.333. The number of thiocarbonyl (C=S) groups is 1. The van der Waals surface area contributed by atoms with E-state index in [-0.39, 0.29) is 11.0 Å². The minimum Gasteiger partial charge on any atom is -0.374 e. The average molecular weight is 360 g/mol. The number of hydrazine groups is 1. The first-order valence-electron chi connectivity index (χ1n) is 8.02. The van der Waals surface area contributed by atoms with Gasteiger partial charge in [-0.15, -0.1) is 11.3 Å². The number of nitrogens with two attached hydrogens (primary N) is 1. The molecular formula is C18H21N3OS2. The van der Waals surface area contributed by atoms with Crippen LogP contribution in [-0.2, 0) is 12.8 Å². The highest BCUT2D eigenvalue weighted by molar-refractivity contribution is 7.80. The van der Waals surface area contributed by atoms with Crippen LogP contribution in [0.25, 0.3) is 0 Å². The second-order valence-corrected chi connectivity index (χ2v) is 7.74. The molecule has 0 saturated carbocycles. The van der Waals surface area contributed by atoms with Crippen molar-refractivity contribution in [3.63, 3.8) is 0 Å². The summed E-state index contributed by atoms with van der Waals surface area (Å²) in [6.45, 7) is 4.24. The van der Waals surface area contributed by atoms with Gasteiger partial charge in [0.15, 0.2) is 5.11 Å². The van der Waals surface area contributed by atoms with Crippen LogP contribution in [0, 0.1) is 12.8 Å². The molecule has 1 unspecified atom stereocenters. The molecule has 0 spiro atoms. The van der Waals surface area contributed by atoms with Crippen LogP contribution >= 0.6 is 23.6 Å². The molecule has 1 aliphatic carbocycles. The van der Waals surface area contributed by atoms with Crippen LogP contribution in [0.5, 0.6) is 0 Å². The van der Waals surface area contributed by atoms with Crippen molar-refractivity contribution < 1.29 is 4.79 Å². The number of fused-ring (bicyclic) bond motifs is 1. The van der Waals surface area contributed by atoms with Crippen LogP contribution < -0.4 is 16.2 Å². The Kier molecular flexibility index (Phi) is 4.87. The zero-order valence-electron chi connectivity index (χ0n) is 13.8. The predicted molar refractivity (Wildman–Crippen MR) is 103 cm³/mol. The smallest absolute Gasteiger partial charge is 0.271 e. The van der Waals surface area contributed by atoms with E-state index in [1.807, 2.05) is 36.6 Å². The van der Waals surface area contributed by atoms with Crippen LogP contribution in [0.2, 0.25) is 0 Å². The van der Waals surface area contributed by atoms with Gasteiger partial charge in [0.1, 0.15) is 0 Å². The third kappa shape index (κ3) is 3.44. The number of thiophene rings is 1. The van der Waals surface area contributed by atoms with Crippen molar-refractivity contribution in [1.82, 2.24) is 5.43 Å². The highest BCUT2D eigenvalue weighted by atomic mass is 32.1. The third-order valence-corrected chi connectivity index (χ3v) is 5.57. The lowest BCUT2D eigenvalue weighted by Gasteiger charge is -2.24. The van der Waals surface area contributed by atoms with E-state index < -0.39 is 0 Å². The molecule has 1 aliphatic rings. The Hall–Kier alpha value is -1.92. The van der Waals surface area contributed by atoms with Gasteiger partial charge < -0.3 is 5.73 Å². The molecule has 3 N–H and O–H groups in total. The fourth-order valence-corrected chi connectivity index (χ4v) is 4.44. The van der Waals surface area contributed by atoms with E-state index in [1.54, 1.807) is 11.3 Å². The minimum atomic E-state index is -0.156. The van der Waals surface area contributed by atoms with Gasteiger partial charge in [0, 0.05) is 10.3 Å². The molecule has 1 aromatic heterocycles. The second kappa shape index (κ2) is 6.91. The van der Waals surface area contributed by atoms with Crippen molar-refractivity contribution in [2.75, 3.05) is 5.01 Å². The van der Waals surface area contributed by atoms with Crippen molar-refractivity contribution >= 4 is 40.3 Å². The van der Waals surface area contributed by atoms with Crippen LogP contribution in [0.1, 0.15) is 39.7 Å². The first-order valence-corrected chi connectivity index (χ1v) is 9.31. The monoisotopic (exact) mass is 359 g/mol. The summed E-state index contributed by atoms with van der Waals surface area (Å²) in [5.74, 6) is 0.531. The lowest BCUT2D eigenvalue weighted by atomic mass is 9.88. The Morgan fingerprint density at radius 3 is 2.96 bits per heavy atom. The van der Waals surface area contributed by atoms with E-state index in [9.17, 15) is 4.79 Å². The molecular weight excluding hydrogens is 338 g/mol. The Morgan fingerprint density at radius 1 is 1.46 bits per heavy atom. The fourth-order valence-electron chi connectivity index (χ4n) is 3.04. The number of hydrogen-bond acceptors (Lipinski definition) is 3. The van der Waals surface area contributed by atoms with Gasteiger partial charge in [0.2, 0.25) is 0 Å². The number of nitrogens with zero attached hydrogens (tertiary/aromatic N) is 1.